The van der Waals surface area contributed by atoms with Gasteiger partial charge in [0.2, 0.25) is 0 Å². The molecule has 30 heavy (non-hydrogen) atoms. The number of rotatable bonds is 8. The van der Waals surface area contributed by atoms with Gasteiger partial charge in [0.1, 0.15) is 5.75 Å². The van der Waals surface area contributed by atoms with Crippen LogP contribution in [0.3, 0.4) is 0 Å². The van der Waals surface area contributed by atoms with Crippen LogP contribution >= 0.6 is 9.53 Å². The van der Waals surface area contributed by atoms with E-state index in [-0.39, 0.29) is 0 Å². The first kappa shape index (κ1) is 28.5. The molecular weight excluding hydrogens is 494 g/mol. The molecule has 170 valence electrons. The van der Waals surface area contributed by atoms with Crippen molar-refractivity contribution in [1.82, 2.24) is 9.80 Å². The normalized spacial score (nSPS) is 10.3. The molecule has 0 bridgehead atoms. The summed E-state index contributed by atoms with van der Waals surface area (Å²) in [7, 11) is 17.6. The molecule has 0 saturated heterocycles. The van der Waals surface area contributed by atoms with Gasteiger partial charge in [-0.3, -0.25) is 0 Å². The Kier molecular flexibility index (Phi) is 16.3. The molecule has 0 spiro atoms. The molecule has 7 heteroatoms. The Labute approximate surface area is 196 Å². The Morgan fingerprint density at radius 2 is 1.43 bits per heavy atom. The number of hydrogen-bond acceptors (Lipinski definition) is 5. The summed E-state index contributed by atoms with van der Waals surface area (Å²) in [5.74, 6) is 1.70. The quantitative estimate of drug-likeness (QED) is 0.288. The molecule has 0 saturated carbocycles. The fourth-order valence-electron chi connectivity index (χ4n) is 2.27. The van der Waals surface area contributed by atoms with Crippen LogP contribution in [0, 0.1) is 6.07 Å². The molecular formula is C23H33ClN2O3Pd. The molecule has 0 atom stereocenters. The van der Waals surface area contributed by atoms with Crippen LogP contribution in [-0.2, 0) is 18.2 Å². The van der Waals surface area contributed by atoms with Crippen LogP contribution < -0.4 is 14.2 Å². The maximum atomic E-state index is 5.31. The van der Waals surface area contributed by atoms with Gasteiger partial charge in [0.25, 0.3) is 0 Å². The summed E-state index contributed by atoms with van der Waals surface area (Å²) < 4.78 is 15.9. The van der Waals surface area contributed by atoms with Crippen molar-refractivity contribution in [3.63, 3.8) is 0 Å². The van der Waals surface area contributed by atoms with E-state index in [2.05, 4.69) is 71.8 Å². The molecule has 0 heterocycles. The minimum absolute atomic E-state index is 0.527. The molecule has 2 rings (SSSR count). The number of likely N-dealkylation sites (N-methyl/N-ethyl adjacent to an activating group) is 2. The van der Waals surface area contributed by atoms with E-state index in [0.29, 0.717) is 17.2 Å². The van der Waals surface area contributed by atoms with Crippen LogP contribution in [-0.4, -0.2) is 72.4 Å². The second kappa shape index (κ2) is 17.2. The third kappa shape index (κ3) is 11.6. The number of ether oxygens (including phenoxy) is 3. The van der Waals surface area contributed by atoms with E-state index in [9.17, 15) is 0 Å². The predicted octanol–water partition coefficient (Wildman–Crippen LogP) is 4.48. The minimum atomic E-state index is 0.527. The van der Waals surface area contributed by atoms with Gasteiger partial charge < -0.3 is 24.0 Å². The molecule has 0 aromatic heterocycles. The van der Waals surface area contributed by atoms with Crippen LogP contribution in [0.4, 0.5) is 0 Å². The number of halogens is 1. The van der Waals surface area contributed by atoms with Gasteiger partial charge in [-0.1, -0.05) is 48.5 Å². The summed E-state index contributed by atoms with van der Waals surface area (Å²) in [4.78, 5) is 4.36. The average molecular weight is 527 g/mol. The second-order valence-corrected chi connectivity index (χ2v) is 6.71. The van der Waals surface area contributed by atoms with E-state index in [1.165, 1.54) is 0 Å². The van der Waals surface area contributed by atoms with E-state index >= 15 is 0 Å². The third-order valence-corrected chi connectivity index (χ3v) is 3.85. The molecule has 0 amide bonds. The fraction of sp³-hybridized carbons (Fsp3) is 0.391. The maximum absolute atomic E-state index is 5.31. The van der Waals surface area contributed by atoms with Gasteiger partial charge in [0.05, 0.1) is 32.8 Å². The summed E-state index contributed by atoms with van der Waals surface area (Å²) >= 11 is 2.22. The van der Waals surface area contributed by atoms with Gasteiger partial charge in [-0.25, -0.2) is 0 Å². The monoisotopic (exact) mass is 526 g/mol. The van der Waals surface area contributed by atoms with Crippen molar-refractivity contribution in [2.24, 2.45) is 0 Å². The van der Waals surface area contributed by atoms with Crippen LogP contribution in [0.1, 0.15) is 11.1 Å². The molecule has 0 fully saturated rings. The summed E-state index contributed by atoms with van der Waals surface area (Å²) in [6.45, 7) is 2.29. The number of nitrogens with zero attached hydrogens (tertiary/aromatic N) is 2. The predicted molar refractivity (Wildman–Crippen MR) is 123 cm³/mol. The first-order chi connectivity index (χ1) is 14.4. The van der Waals surface area contributed by atoms with Gasteiger partial charge in [-0.2, -0.15) is 0 Å². The van der Waals surface area contributed by atoms with Crippen molar-refractivity contribution in [3.8, 4) is 17.2 Å². The molecule has 0 aliphatic carbocycles. The first-order valence-electron chi connectivity index (χ1n) is 9.28. The van der Waals surface area contributed by atoms with Crippen LogP contribution in [0.25, 0.3) is 12.2 Å². The van der Waals surface area contributed by atoms with Crippen molar-refractivity contribution >= 4 is 21.7 Å². The zero-order valence-electron chi connectivity index (χ0n) is 18.8. The average Bonchev–Trinajstić information content (AvgIpc) is 2.77. The van der Waals surface area contributed by atoms with Gasteiger partial charge >= 0.3 is 27.7 Å². The molecule has 0 N–H and O–H groups in total. The van der Waals surface area contributed by atoms with E-state index in [4.69, 9.17) is 14.2 Å². The SMILES string of the molecule is CN(C)CCN(C)C.COc1[c-]c(/C=C/c2ccccc2)cc(OC)c1OC.[Cl][Pd+]. The Morgan fingerprint density at radius 1 is 0.867 bits per heavy atom. The van der Waals surface area contributed by atoms with Crippen molar-refractivity contribution < 1.29 is 32.4 Å². The van der Waals surface area contributed by atoms with Crippen molar-refractivity contribution in [1.29, 1.82) is 0 Å². The van der Waals surface area contributed by atoms with Crippen molar-refractivity contribution in [3.05, 3.63) is 53.6 Å². The number of hydrogen-bond donors (Lipinski definition) is 0. The van der Waals surface area contributed by atoms with Gasteiger partial charge in [0.15, 0.2) is 0 Å². The van der Waals surface area contributed by atoms with Crippen LogP contribution in [0.2, 0.25) is 0 Å². The van der Waals surface area contributed by atoms with Crippen molar-refractivity contribution in [2.45, 2.75) is 0 Å². The van der Waals surface area contributed by atoms with Crippen molar-refractivity contribution in [2.75, 3.05) is 62.6 Å². The Bertz CT molecular complexity index is 693. The Balaban J connectivity index is 0.000000712. The third-order valence-electron chi connectivity index (χ3n) is 3.85. The molecule has 2 aromatic carbocycles. The summed E-state index contributed by atoms with van der Waals surface area (Å²) in [5.41, 5.74) is 1.98. The topological polar surface area (TPSA) is 34.2 Å². The fourth-order valence-corrected chi connectivity index (χ4v) is 2.27. The Hall–Kier alpha value is -1.55. The Morgan fingerprint density at radius 3 is 1.87 bits per heavy atom. The van der Waals surface area contributed by atoms with Crippen LogP contribution in [0.15, 0.2) is 36.4 Å². The summed E-state index contributed by atoms with van der Waals surface area (Å²) in [5, 5.41) is 0. The second-order valence-electron chi connectivity index (χ2n) is 6.71. The standard InChI is InChI=1S/C17H17O3.C6H16N2.ClH.Pd/c1-18-15-11-14(12-16(19-2)17(15)20-3)10-9-13-7-5-4-6-8-13;1-7(2)5-6-8(3)4;;/h4-11H,1-3H3;5-6H2,1-4H3;1H;/q-1;;;+2/p-1/b10-9+;;;. The van der Waals surface area contributed by atoms with Gasteiger partial charge in [-0.05, 0) is 33.8 Å². The van der Waals surface area contributed by atoms with E-state index in [1.54, 1.807) is 21.3 Å². The molecule has 0 aliphatic heterocycles. The van der Waals surface area contributed by atoms with E-state index in [0.717, 1.165) is 24.2 Å². The molecule has 0 aliphatic rings. The first-order valence-corrected chi connectivity index (χ1v) is 11.3. The zero-order chi connectivity index (χ0) is 22.9. The molecule has 0 radical (unpaired) electrons. The summed E-state index contributed by atoms with van der Waals surface area (Å²) in [6.07, 6.45) is 3.97. The van der Waals surface area contributed by atoms with Gasteiger partial charge in [-0.15, -0.1) is 11.6 Å². The number of methoxy groups -OCH3 is 3. The molecule has 0 unspecified atom stereocenters. The zero-order valence-corrected chi connectivity index (χ0v) is 21.2. The van der Waals surface area contributed by atoms with Gasteiger partial charge in [0, 0.05) is 13.1 Å². The number of benzene rings is 2. The summed E-state index contributed by atoms with van der Waals surface area (Å²) in [6, 6.07) is 15.1. The van der Waals surface area contributed by atoms with E-state index in [1.807, 2.05) is 48.6 Å². The van der Waals surface area contributed by atoms with E-state index < -0.39 is 0 Å². The molecule has 2 aromatic rings. The molecule has 5 nitrogen and oxygen atoms in total. The van der Waals surface area contributed by atoms with Crippen LogP contribution in [0.5, 0.6) is 17.2 Å².